The fourth-order valence-corrected chi connectivity index (χ4v) is 2.20. The van der Waals surface area contributed by atoms with Gasteiger partial charge in [-0.1, -0.05) is 37.8 Å². The summed E-state index contributed by atoms with van der Waals surface area (Å²) in [6, 6.07) is 0. The summed E-state index contributed by atoms with van der Waals surface area (Å²) in [5.74, 6) is 0.271. The van der Waals surface area contributed by atoms with E-state index in [2.05, 4.69) is 20.4 Å². The monoisotopic (exact) mass is 222 g/mol. The van der Waals surface area contributed by atoms with Gasteiger partial charge in [0.1, 0.15) is 6.10 Å². The summed E-state index contributed by atoms with van der Waals surface area (Å²) in [5.41, 5.74) is 0.989. The van der Waals surface area contributed by atoms with Gasteiger partial charge in [-0.2, -0.15) is 0 Å². The molecule has 0 aromatic rings. The largest absolute Gasteiger partial charge is 0.390 e. The van der Waals surface area contributed by atoms with Crippen LogP contribution >= 0.6 is 0 Å². The second-order valence-corrected chi connectivity index (χ2v) is 4.47. The van der Waals surface area contributed by atoms with E-state index < -0.39 is 6.10 Å². The molecule has 0 aliphatic carbocycles. The number of aliphatic hydroxyl groups is 1. The van der Waals surface area contributed by atoms with Crippen molar-refractivity contribution < 1.29 is 9.84 Å². The van der Waals surface area contributed by atoms with Crippen molar-refractivity contribution in [2.75, 3.05) is 0 Å². The summed E-state index contributed by atoms with van der Waals surface area (Å²) in [5, 5.41) is 10.1. The summed E-state index contributed by atoms with van der Waals surface area (Å²) >= 11 is 0. The molecule has 0 bridgehead atoms. The van der Waals surface area contributed by atoms with Crippen LogP contribution in [0.3, 0.4) is 0 Å². The smallest absolute Gasteiger partial charge is 0.109 e. The van der Waals surface area contributed by atoms with Crippen LogP contribution in [0.1, 0.15) is 27.2 Å². The Kier molecular flexibility index (Phi) is 4.97. The molecule has 0 amide bonds. The minimum Gasteiger partial charge on any atom is -0.390 e. The highest BCUT2D eigenvalue weighted by Crippen LogP contribution is 2.29. The zero-order valence-electron chi connectivity index (χ0n) is 10.4. The van der Waals surface area contributed by atoms with Crippen molar-refractivity contribution in [1.82, 2.24) is 0 Å². The second kappa shape index (κ2) is 6.02. The van der Waals surface area contributed by atoms with Crippen LogP contribution in [0.2, 0.25) is 0 Å². The topological polar surface area (TPSA) is 29.5 Å². The van der Waals surface area contributed by atoms with Gasteiger partial charge >= 0.3 is 0 Å². The predicted octanol–water partition coefficient (Wildman–Crippen LogP) is 2.85. The first-order valence-corrected chi connectivity index (χ1v) is 5.89. The molecule has 0 aromatic heterocycles. The van der Waals surface area contributed by atoms with Crippen molar-refractivity contribution in [3.8, 4) is 0 Å². The molecule has 0 radical (unpaired) electrons. The van der Waals surface area contributed by atoms with Crippen LogP contribution in [-0.2, 0) is 4.74 Å². The lowest BCUT2D eigenvalue weighted by Gasteiger charge is -2.37. The molecule has 1 heterocycles. The fourth-order valence-electron chi connectivity index (χ4n) is 2.20. The molecule has 1 N–H and O–H groups in total. The summed E-state index contributed by atoms with van der Waals surface area (Å²) in [7, 11) is 0. The number of aliphatic hydroxyl groups excluding tert-OH is 1. The van der Waals surface area contributed by atoms with E-state index in [9.17, 15) is 5.11 Å². The van der Waals surface area contributed by atoms with Gasteiger partial charge in [-0.25, -0.2) is 0 Å². The first-order valence-electron chi connectivity index (χ1n) is 5.89. The Morgan fingerprint density at radius 3 is 2.69 bits per heavy atom. The summed E-state index contributed by atoms with van der Waals surface area (Å²) in [6.45, 7) is 9.77. The summed E-state index contributed by atoms with van der Waals surface area (Å²) in [4.78, 5) is 0. The van der Waals surface area contributed by atoms with Crippen LogP contribution in [0.15, 0.2) is 36.5 Å². The molecule has 1 fully saturated rings. The van der Waals surface area contributed by atoms with E-state index in [4.69, 9.17) is 4.74 Å². The highest BCUT2D eigenvalue weighted by molar-refractivity contribution is 5.28. The van der Waals surface area contributed by atoms with E-state index in [0.29, 0.717) is 0 Å². The van der Waals surface area contributed by atoms with Crippen LogP contribution in [0.4, 0.5) is 0 Å². The minimum atomic E-state index is -0.432. The molecule has 2 heteroatoms. The molecule has 1 rings (SSSR count). The predicted molar refractivity (Wildman–Crippen MR) is 67.2 cm³/mol. The lowest BCUT2D eigenvalue weighted by Crippen LogP contribution is -2.43. The van der Waals surface area contributed by atoms with Crippen molar-refractivity contribution >= 4 is 0 Å². The third-order valence-electron chi connectivity index (χ3n) is 2.97. The SMILES string of the molecule is C=C/C=C(\C=C/C)[C@@H]1O[C@H](C)C[C@H](C)[C@H]1O. The fraction of sp³-hybridized carbons (Fsp3) is 0.571. The number of hydrogen-bond acceptors (Lipinski definition) is 2. The molecule has 1 aliphatic rings. The molecule has 2 nitrogen and oxygen atoms in total. The van der Waals surface area contributed by atoms with Crippen molar-refractivity contribution in [2.24, 2.45) is 5.92 Å². The Hall–Kier alpha value is -0.860. The van der Waals surface area contributed by atoms with Gasteiger partial charge in [-0.15, -0.1) is 0 Å². The maximum atomic E-state index is 10.1. The first kappa shape index (κ1) is 13.2. The number of rotatable bonds is 3. The third kappa shape index (κ3) is 3.06. The molecule has 1 aliphatic heterocycles. The average Bonchev–Trinajstić information content (AvgIpc) is 2.23. The van der Waals surface area contributed by atoms with E-state index in [1.54, 1.807) is 6.08 Å². The molecule has 1 saturated heterocycles. The van der Waals surface area contributed by atoms with Crippen LogP contribution in [0.5, 0.6) is 0 Å². The Morgan fingerprint density at radius 2 is 2.12 bits per heavy atom. The normalized spacial score (nSPS) is 36.6. The van der Waals surface area contributed by atoms with Gasteiger partial charge < -0.3 is 9.84 Å². The Bertz CT molecular complexity index is 291. The molecule has 90 valence electrons. The molecule has 0 unspecified atom stereocenters. The molecule has 4 atom stereocenters. The van der Waals surface area contributed by atoms with Crippen LogP contribution in [0, 0.1) is 5.92 Å². The van der Waals surface area contributed by atoms with Gasteiger partial charge in [0.2, 0.25) is 0 Å². The van der Waals surface area contributed by atoms with Gasteiger partial charge in [-0.3, -0.25) is 0 Å². The quantitative estimate of drug-likeness (QED) is 0.744. The highest BCUT2D eigenvalue weighted by Gasteiger charge is 2.34. The molecular weight excluding hydrogens is 200 g/mol. The molecule has 0 aromatic carbocycles. The van der Waals surface area contributed by atoms with Crippen molar-refractivity contribution in [3.05, 3.63) is 36.5 Å². The van der Waals surface area contributed by atoms with Crippen molar-refractivity contribution in [1.29, 1.82) is 0 Å². The summed E-state index contributed by atoms with van der Waals surface area (Å²) in [6.07, 6.45) is 8.01. The number of hydrogen-bond donors (Lipinski definition) is 1. The van der Waals surface area contributed by atoms with Gasteiger partial charge in [0, 0.05) is 0 Å². The van der Waals surface area contributed by atoms with Crippen molar-refractivity contribution in [3.63, 3.8) is 0 Å². The van der Waals surface area contributed by atoms with E-state index in [0.717, 1.165) is 12.0 Å². The average molecular weight is 222 g/mol. The lowest BCUT2D eigenvalue weighted by molar-refractivity contribution is -0.117. The third-order valence-corrected chi connectivity index (χ3v) is 2.97. The molecule has 16 heavy (non-hydrogen) atoms. The minimum absolute atomic E-state index is 0.196. The van der Waals surface area contributed by atoms with Crippen LogP contribution < -0.4 is 0 Å². The Balaban J connectivity index is 2.89. The molecule has 0 saturated carbocycles. The molecule has 0 spiro atoms. The molecular formula is C14H22O2. The van der Waals surface area contributed by atoms with Crippen LogP contribution in [0.25, 0.3) is 0 Å². The lowest BCUT2D eigenvalue weighted by atomic mass is 9.87. The Labute approximate surface area is 98.3 Å². The zero-order valence-corrected chi connectivity index (χ0v) is 10.4. The summed E-state index contributed by atoms with van der Waals surface area (Å²) < 4.78 is 5.82. The van der Waals surface area contributed by atoms with E-state index >= 15 is 0 Å². The standard InChI is InChI=1S/C14H22O2/c1-5-7-12(8-6-2)14-13(15)10(3)9-11(4)16-14/h5-8,10-11,13-15H,1,9H2,2-4H3/b8-6-,12-7+/t10-,11+,13+,14-/m0/s1. The maximum absolute atomic E-state index is 10.1. The van der Waals surface area contributed by atoms with Crippen molar-refractivity contribution in [2.45, 2.75) is 45.5 Å². The number of ether oxygens (including phenoxy) is 1. The second-order valence-electron chi connectivity index (χ2n) is 4.47. The maximum Gasteiger partial charge on any atom is 0.109 e. The van der Waals surface area contributed by atoms with Gasteiger partial charge in [0.05, 0.1) is 12.2 Å². The van der Waals surface area contributed by atoms with E-state index in [1.165, 1.54) is 0 Å². The van der Waals surface area contributed by atoms with Crippen LogP contribution in [-0.4, -0.2) is 23.4 Å². The van der Waals surface area contributed by atoms with Gasteiger partial charge in [0.15, 0.2) is 0 Å². The zero-order chi connectivity index (χ0) is 12.1. The number of allylic oxidation sites excluding steroid dienone is 3. The van der Waals surface area contributed by atoms with E-state index in [-0.39, 0.29) is 18.1 Å². The highest BCUT2D eigenvalue weighted by atomic mass is 16.5. The van der Waals surface area contributed by atoms with Gasteiger partial charge in [0.25, 0.3) is 0 Å². The van der Waals surface area contributed by atoms with E-state index in [1.807, 2.05) is 25.2 Å². The van der Waals surface area contributed by atoms with Gasteiger partial charge in [-0.05, 0) is 31.8 Å². The Morgan fingerprint density at radius 1 is 1.44 bits per heavy atom. The first-order chi connectivity index (χ1) is 7.60.